The zero-order chi connectivity index (χ0) is 45.6. The summed E-state index contributed by atoms with van der Waals surface area (Å²) in [5.74, 6) is -3.07. The molecule has 364 valence electrons. The summed E-state index contributed by atoms with van der Waals surface area (Å²) in [6.07, 6.45) is 31.0. The van der Waals surface area contributed by atoms with E-state index in [1.165, 1.54) is 153 Å². The van der Waals surface area contributed by atoms with Crippen LogP contribution in [0.15, 0.2) is 0 Å². The van der Waals surface area contributed by atoms with E-state index in [2.05, 4.69) is 24.5 Å². The van der Waals surface area contributed by atoms with Crippen molar-refractivity contribution in [1.82, 2.24) is 15.5 Å². The van der Waals surface area contributed by atoms with Gasteiger partial charge in [0.25, 0.3) is 0 Å². The van der Waals surface area contributed by atoms with E-state index in [1.54, 1.807) is 0 Å². The van der Waals surface area contributed by atoms with Gasteiger partial charge in [0.1, 0.15) is 30.4 Å². The lowest BCUT2D eigenvalue weighted by Crippen LogP contribution is -2.70. The van der Waals surface area contributed by atoms with E-state index in [4.69, 9.17) is 9.84 Å². The van der Waals surface area contributed by atoms with Crippen molar-refractivity contribution in [3.63, 3.8) is 0 Å². The van der Waals surface area contributed by atoms with E-state index in [-0.39, 0.29) is 18.9 Å². The van der Waals surface area contributed by atoms with Crippen LogP contribution in [-0.4, -0.2) is 111 Å². The van der Waals surface area contributed by atoms with Gasteiger partial charge in [-0.15, -0.1) is 0 Å². The predicted octanol–water partition coefficient (Wildman–Crippen LogP) is 8.60. The van der Waals surface area contributed by atoms with Crippen LogP contribution >= 0.6 is 0 Å². The van der Waals surface area contributed by atoms with Crippen molar-refractivity contribution in [2.24, 2.45) is 0 Å². The number of aliphatic hydroxyl groups excluding tert-OH is 4. The molecule has 0 radical (unpaired) electrons. The third-order valence-corrected chi connectivity index (χ3v) is 12.5. The van der Waals surface area contributed by atoms with Crippen LogP contribution in [0.5, 0.6) is 0 Å². The lowest BCUT2D eigenvalue weighted by Gasteiger charge is -2.47. The third kappa shape index (κ3) is 27.8. The minimum Gasteiger partial charge on any atom is -0.481 e. The number of amides is 3. The first kappa shape index (κ1) is 57.7. The van der Waals surface area contributed by atoms with E-state index < -0.39 is 80.5 Å². The molecule has 0 aromatic rings. The molecule has 62 heavy (non-hydrogen) atoms. The highest BCUT2D eigenvalue weighted by molar-refractivity contribution is 5.89. The Balaban J connectivity index is 2.79. The number of hydrogen-bond donors (Lipinski definition) is 7. The number of carbonyl (C=O) groups is 4. The van der Waals surface area contributed by atoms with Gasteiger partial charge in [0, 0.05) is 19.4 Å². The first-order valence-electron chi connectivity index (χ1n) is 25.4. The number of hydrogen-bond acceptors (Lipinski definition) is 9. The van der Waals surface area contributed by atoms with Gasteiger partial charge in [0.05, 0.1) is 19.6 Å². The SMILES string of the molecule is CCCCCCCCCCCCCCCCCCN(C(=O)CCCCCCCCCCCCCCCCC)[C@@H]1O[C@H](CO)[C@@H](O)[C@H](O)[C@@H]1NC(=O)[C@H](CO)NC(=O)CCC(=O)O. The Kier molecular flexibility index (Phi) is 36.4. The van der Waals surface area contributed by atoms with Crippen molar-refractivity contribution in [2.45, 2.75) is 269 Å². The molecule has 1 aliphatic heterocycles. The van der Waals surface area contributed by atoms with Crippen molar-refractivity contribution in [3.8, 4) is 0 Å². The average Bonchev–Trinajstić information content (AvgIpc) is 3.26. The molecule has 0 spiro atoms. The van der Waals surface area contributed by atoms with Crippen LogP contribution in [0.4, 0.5) is 0 Å². The number of nitrogens with one attached hydrogen (secondary N) is 2. The first-order chi connectivity index (χ1) is 30.1. The van der Waals surface area contributed by atoms with E-state index in [0.717, 1.165) is 38.5 Å². The summed E-state index contributed by atoms with van der Waals surface area (Å²) in [7, 11) is 0. The van der Waals surface area contributed by atoms with Gasteiger partial charge in [0.15, 0.2) is 6.23 Å². The van der Waals surface area contributed by atoms with Gasteiger partial charge in [-0.25, -0.2) is 0 Å². The molecule has 13 nitrogen and oxygen atoms in total. The number of unbranched alkanes of at least 4 members (excludes halogenated alkanes) is 29. The fourth-order valence-electron chi connectivity index (χ4n) is 8.48. The number of rotatable bonds is 42. The largest absolute Gasteiger partial charge is 0.481 e. The van der Waals surface area contributed by atoms with Gasteiger partial charge in [-0.3, -0.25) is 19.2 Å². The summed E-state index contributed by atoms with van der Waals surface area (Å²) >= 11 is 0. The number of aliphatic hydroxyl groups is 4. The maximum atomic E-state index is 14.0. The van der Waals surface area contributed by atoms with Crippen LogP contribution in [0.3, 0.4) is 0 Å². The summed E-state index contributed by atoms with van der Waals surface area (Å²) in [6.45, 7) is 3.33. The zero-order valence-electron chi connectivity index (χ0n) is 39.4. The smallest absolute Gasteiger partial charge is 0.303 e. The molecule has 13 heteroatoms. The van der Waals surface area contributed by atoms with E-state index >= 15 is 0 Å². The molecule has 0 aliphatic carbocycles. The number of nitrogens with zero attached hydrogens (tertiary/aromatic N) is 1. The fraction of sp³-hybridized carbons (Fsp3) is 0.918. The normalized spacial score (nSPS) is 19.3. The Morgan fingerprint density at radius 2 is 0.952 bits per heavy atom. The molecule has 1 fully saturated rings. The Labute approximate surface area is 376 Å². The average molecular weight is 884 g/mol. The summed E-state index contributed by atoms with van der Waals surface area (Å²) in [4.78, 5) is 52.2. The lowest BCUT2D eigenvalue weighted by atomic mass is 9.94. The third-order valence-electron chi connectivity index (χ3n) is 12.5. The molecule has 1 aliphatic rings. The molecule has 3 amide bonds. The standard InChI is InChI=1S/C49H93N3O10/c1-3-5-7-9-11-13-15-17-19-21-23-25-27-29-31-33-37-52(43(56)34-32-30-28-26-24-22-20-18-16-14-12-10-8-6-4-2)49-45(47(60)46(59)41(39-54)62-49)51-48(61)40(38-53)50-42(55)35-36-44(57)58/h40-41,45-47,49,53-54,59-60H,3-39H2,1-2H3,(H,50,55)(H,51,61)(H,57,58)/t40-,41+,45-,46+,47+,49+/m0/s1. The topological polar surface area (TPSA) is 206 Å². The Bertz CT molecular complexity index is 1130. The Hall–Kier alpha value is -2.32. The van der Waals surface area contributed by atoms with Gasteiger partial charge in [-0.1, -0.05) is 200 Å². The van der Waals surface area contributed by atoms with Crippen LogP contribution in [0.1, 0.15) is 232 Å². The van der Waals surface area contributed by atoms with Gasteiger partial charge < -0.3 is 45.8 Å². The minimum absolute atomic E-state index is 0.217. The highest BCUT2D eigenvalue weighted by Gasteiger charge is 2.48. The second kappa shape index (κ2) is 39.1. The molecule has 7 N–H and O–H groups in total. The van der Waals surface area contributed by atoms with Crippen molar-refractivity contribution in [1.29, 1.82) is 0 Å². The van der Waals surface area contributed by atoms with E-state index in [0.29, 0.717) is 12.8 Å². The molecular formula is C49H93N3O10. The van der Waals surface area contributed by atoms with Gasteiger partial charge in [-0.05, 0) is 12.8 Å². The van der Waals surface area contributed by atoms with Crippen molar-refractivity contribution in [2.75, 3.05) is 19.8 Å². The minimum atomic E-state index is -1.65. The quantitative estimate of drug-likeness (QED) is 0.0291. The molecule has 1 rings (SSSR count). The van der Waals surface area contributed by atoms with Gasteiger partial charge >= 0.3 is 5.97 Å². The second-order valence-electron chi connectivity index (χ2n) is 18.0. The number of carbonyl (C=O) groups excluding carboxylic acids is 3. The van der Waals surface area contributed by atoms with Crippen LogP contribution in [0.2, 0.25) is 0 Å². The molecule has 0 bridgehead atoms. The Morgan fingerprint density at radius 1 is 0.548 bits per heavy atom. The molecule has 0 unspecified atom stereocenters. The monoisotopic (exact) mass is 884 g/mol. The number of carboxylic acid groups (broad SMARTS) is 1. The summed E-state index contributed by atoms with van der Waals surface area (Å²) in [5.41, 5.74) is 0. The van der Waals surface area contributed by atoms with Crippen LogP contribution in [-0.2, 0) is 23.9 Å². The summed E-state index contributed by atoms with van der Waals surface area (Å²) in [5, 5.41) is 56.0. The summed E-state index contributed by atoms with van der Waals surface area (Å²) < 4.78 is 6.10. The molecule has 6 atom stereocenters. The van der Waals surface area contributed by atoms with Crippen LogP contribution in [0.25, 0.3) is 0 Å². The Morgan fingerprint density at radius 3 is 1.34 bits per heavy atom. The maximum Gasteiger partial charge on any atom is 0.303 e. The molecule has 0 aromatic carbocycles. The molecule has 0 aromatic heterocycles. The van der Waals surface area contributed by atoms with Crippen molar-refractivity contribution < 1.29 is 49.4 Å². The van der Waals surface area contributed by atoms with Crippen molar-refractivity contribution in [3.05, 3.63) is 0 Å². The number of aliphatic carboxylic acids is 1. The maximum absolute atomic E-state index is 14.0. The van der Waals surface area contributed by atoms with Crippen molar-refractivity contribution >= 4 is 23.7 Å². The summed E-state index contributed by atoms with van der Waals surface area (Å²) in [6, 6.07) is -2.84. The van der Waals surface area contributed by atoms with Gasteiger partial charge in [-0.2, -0.15) is 0 Å². The molecule has 1 heterocycles. The first-order valence-corrected chi connectivity index (χ1v) is 25.4. The zero-order valence-corrected chi connectivity index (χ0v) is 39.4. The predicted molar refractivity (Wildman–Crippen MR) is 246 cm³/mol. The lowest BCUT2D eigenvalue weighted by molar-refractivity contribution is -0.231. The molecule has 0 saturated carbocycles. The van der Waals surface area contributed by atoms with E-state index in [9.17, 15) is 39.6 Å². The fourth-order valence-corrected chi connectivity index (χ4v) is 8.48. The second-order valence-corrected chi connectivity index (χ2v) is 18.0. The number of ether oxygens (including phenoxy) is 1. The number of carboxylic acids is 1. The molecular weight excluding hydrogens is 791 g/mol. The van der Waals surface area contributed by atoms with Crippen LogP contribution in [0, 0.1) is 0 Å². The highest BCUT2D eigenvalue weighted by Crippen LogP contribution is 2.26. The van der Waals surface area contributed by atoms with E-state index in [1.807, 2.05) is 0 Å². The highest BCUT2D eigenvalue weighted by atomic mass is 16.5. The molecule has 1 saturated heterocycles. The van der Waals surface area contributed by atoms with Crippen LogP contribution < -0.4 is 10.6 Å². The van der Waals surface area contributed by atoms with Gasteiger partial charge in [0.2, 0.25) is 17.7 Å².